The van der Waals surface area contributed by atoms with Crippen molar-refractivity contribution in [2.24, 2.45) is 0 Å². The van der Waals surface area contributed by atoms with Crippen molar-refractivity contribution in [3.63, 3.8) is 0 Å². The Hall–Kier alpha value is -3.81. The highest BCUT2D eigenvalue weighted by molar-refractivity contribution is 7.98. The van der Waals surface area contributed by atoms with Gasteiger partial charge < -0.3 is 4.42 Å². The van der Waals surface area contributed by atoms with E-state index < -0.39 is 17.6 Å². The molecule has 4 rings (SSSR count). The van der Waals surface area contributed by atoms with E-state index in [1.165, 1.54) is 36.7 Å². The van der Waals surface area contributed by atoms with Crippen molar-refractivity contribution in [3.8, 4) is 22.8 Å². The average molecular weight is 463 g/mol. The van der Waals surface area contributed by atoms with Crippen molar-refractivity contribution in [3.05, 3.63) is 64.8 Å². The quantitative estimate of drug-likeness (QED) is 0.226. The summed E-state index contributed by atoms with van der Waals surface area (Å²) in [6.45, 7) is -1.27. The minimum absolute atomic E-state index is 0.0317. The number of nitrogens with zero attached hydrogens (tertiary/aromatic N) is 7. The fourth-order valence-corrected chi connectivity index (χ4v) is 3.49. The second-order valence-electron chi connectivity index (χ2n) is 6.34. The predicted molar refractivity (Wildman–Crippen MR) is 105 cm³/mol. The molecular weight excluding hydrogens is 451 g/mol. The van der Waals surface area contributed by atoms with Gasteiger partial charge in [-0.05, 0) is 24.3 Å². The first-order chi connectivity index (χ1) is 15.3. The molecule has 0 radical (unpaired) electrons. The number of hydrogen-bond donors (Lipinski definition) is 0. The summed E-state index contributed by atoms with van der Waals surface area (Å²) in [6.07, 6.45) is -1.58. The van der Waals surface area contributed by atoms with Crippen LogP contribution in [0.4, 0.5) is 18.9 Å². The van der Waals surface area contributed by atoms with Crippen LogP contribution in [0.5, 0.6) is 0 Å². The van der Waals surface area contributed by atoms with E-state index >= 15 is 0 Å². The maximum Gasteiger partial charge on any atom is 0.406 e. The standard InChI is InChI=1S/C18H12F3N7O3S/c19-18(20,21)10-27-15(11-5-7-22-8-6-11)24-26-17(27)32-9-14-23-25-16(31-14)12-1-3-13(4-2-12)28(29)30/h1-8H,9-10H2. The molecule has 14 heteroatoms. The van der Waals surface area contributed by atoms with Crippen molar-refractivity contribution in [2.75, 3.05) is 0 Å². The van der Waals surface area contributed by atoms with Crippen molar-refractivity contribution in [2.45, 2.75) is 23.6 Å². The van der Waals surface area contributed by atoms with Gasteiger partial charge in [0.05, 0.1) is 10.7 Å². The number of non-ortho nitro benzene ring substituents is 1. The number of nitro benzene ring substituents is 1. The maximum absolute atomic E-state index is 13.1. The summed E-state index contributed by atoms with van der Waals surface area (Å²) in [6, 6.07) is 8.61. The fraction of sp³-hybridized carbons (Fsp3) is 0.167. The van der Waals surface area contributed by atoms with E-state index in [0.717, 1.165) is 16.3 Å². The van der Waals surface area contributed by atoms with Gasteiger partial charge in [0.2, 0.25) is 11.8 Å². The van der Waals surface area contributed by atoms with Crippen LogP contribution in [0.25, 0.3) is 22.8 Å². The van der Waals surface area contributed by atoms with Gasteiger partial charge >= 0.3 is 6.18 Å². The highest BCUT2D eigenvalue weighted by Gasteiger charge is 2.31. The first kappa shape index (κ1) is 21.4. The van der Waals surface area contributed by atoms with Gasteiger partial charge in [-0.15, -0.1) is 20.4 Å². The molecule has 10 nitrogen and oxygen atoms in total. The Labute approximate surface area is 181 Å². The Morgan fingerprint density at radius 2 is 1.72 bits per heavy atom. The fourth-order valence-electron chi connectivity index (χ4n) is 2.71. The van der Waals surface area contributed by atoms with Crippen LogP contribution in [0.2, 0.25) is 0 Å². The lowest BCUT2D eigenvalue weighted by molar-refractivity contribution is -0.384. The van der Waals surface area contributed by atoms with Crippen molar-refractivity contribution >= 4 is 17.4 Å². The summed E-state index contributed by atoms with van der Waals surface area (Å²) >= 11 is 0.959. The second-order valence-corrected chi connectivity index (χ2v) is 7.28. The number of benzene rings is 1. The number of aromatic nitrogens is 6. The number of halogens is 3. The number of pyridine rings is 1. The van der Waals surface area contributed by atoms with Crippen LogP contribution < -0.4 is 0 Å². The molecule has 0 aliphatic heterocycles. The summed E-state index contributed by atoms with van der Waals surface area (Å²) in [7, 11) is 0. The Bertz CT molecular complexity index is 1230. The van der Waals surface area contributed by atoms with Gasteiger partial charge in [0.15, 0.2) is 11.0 Å². The summed E-state index contributed by atoms with van der Waals surface area (Å²) in [5, 5.41) is 26.3. The SMILES string of the molecule is O=[N+]([O-])c1ccc(-c2nnc(CSc3nnc(-c4ccncc4)n3CC(F)(F)F)o2)cc1. The summed E-state index contributed by atoms with van der Waals surface area (Å²) in [5.41, 5.74) is 0.833. The van der Waals surface area contributed by atoms with Crippen LogP contribution >= 0.6 is 11.8 Å². The molecule has 0 bridgehead atoms. The highest BCUT2D eigenvalue weighted by atomic mass is 32.2. The van der Waals surface area contributed by atoms with Crippen molar-refractivity contribution in [1.82, 2.24) is 29.9 Å². The highest BCUT2D eigenvalue weighted by Crippen LogP contribution is 2.30. The van der Waals surface area contributed by atoms with Crippen molar-refractivity contribution < 1.29 is 22.5 Å². The van der Waals surface area contributed by atoms with E-state index in [4.69, 9.17) is 4.42 Å². The third kappa shape index (κ3) is 4.91. The molecule has 0 spiro atoms. The summed E-state index contributed by atoms with van der Waals surface area (Å²) in [5.74, 6) is 0.385. The summed E-state index contributed by atoms with van der Waals surface area (Å²) < 4.78 is 45.9. The molecule has 0 saturated heterocycles. The molecule has 0 unspecified atom stereocenters. The molecule has 0 N–H and O–H groups in total. The first-order valence-electron chi connectivity index (χ1n) is 8.90. The molecule has 0 fully saturated rings. The Balaban J connectivity index is 1.53. The molecule has 1 aromatic carbocycles. The minimum Gasteiger partial charge on any atom is -0.420 e. The third-order valence-corrected chi connectivity index (χ3v) is 5.06. The van der Waals surface area contributed by atoms with Gasteiger partial charge in [-0.2, -0.15) is 13.2 Å². The van der Waals surface area contributed by atoms with Crippen LogP contribution in [0.3, 0.4) is 0 Å². The normalized spacial score (nSPS) is 11.6. The maximum atomic E-state index is 13.1. The lowest BCUT2D eigenvalue weighted by atomic mass is 10.2. The molecule has 3 heterocycles. The molecule has 0 aliphatic carbocycles. The third-order valence-electron chi connectivity index (χ3n) is 4.11. The zero-order chi connectivity index (χ0) is 22.7. The molecular formula is C18H12F3N7O3S. The molecule has 3 aromatic heterocycles. The van der Waals surface area contributed by atoms with Gasteiger partial charge in [-0.25, -0.2) is 0 Å². The average Bonchev–Trinajstić information content (AvgIpc) is 3.39. The number of alkyl halides is 3. The molecule has 32 heavy (non-hydrogen) atoms. The molecule has 0 atom stereocenters. The number of rotatable bonds is 7. The van der Waals surface area contributed by atoms with Gasteiger partial charge in [0.1, 0.15) is 6.54 Å². The number of thioether (sulfide) groups is 1. The van der Waals surface area contributed by atoms with Gasteiger partial charge in [0.25, 0.3) is 5.69 Å². The molecule has 0 amide bonds. The lowest BCUT2D eigenvalue weighted by Crippen LogP contribution is -2.19. The molecule has 0 saturated carbocycles. The van der Waals surface area contributed by atoms with Crippen LogP contribution in [-0.2, 0) is 12.3 Å². The minimum atomic E-state index is -4.48. The Kier molecular flexibility index (Phi) is 5.85. The van der Waals surface area contributed by atoms with E-state index in [1.54, 1.807) is 12.1 Å². The Morgan fingerprint density at radius 3 is 2.38 bits per heavy atom. The van der Waals surface area contributed by atoms with E-state index in [0.29, 0.717) is 11.1 Å². The zero-order valence-electron chi connectivity index (χ0n) is 15.9. The topological polar surface area (TPSA) is 126 Å². The Morgan fingerprint density at radius 1 is 1.00 bits per heavy atom. The van der Waals surface area contributed by atoms with Gasteiger partial charge in [-0.1, -0.05) is 11.8 Å². The van der Waals surface area contributed by atoms with Crippen LogP contribution in [0.1, 0.15) is 5.89 Å². The number of nitro groups is 1. The van der Waals surface area contributed by atoms with Gasteiger partial charge in [-0.3, -0.25) is 19.7 Å². The molecule has 4 aromatic rings. The van der Waals surface area contributed by atoms with E-state index in [2.05, 4.69) is 25.4 Å². The lowest BCUT2D eigenvalue weighted by Gasteiger charge is -2.12. The predicted octanol–water partition coefficient (Wildman–Crippen LogP) is 4.15. The zero-order valence-corrected chi connectivity index (χ0v) is 16.7. The van der Waals surface area contributed by atoms with E-state index in [-0.39, 0.29) is 34.2 Å². The van der Waals surface area contributed by atoms with Crippen molar-refractivity contribution in [1.29, 1.82) is 0 Å². The molecule has 164 valence electrons. The van der Waals surface area contributed by atoms with Crippen LogP contribution in [0.15, 0.2) is 58.4 Å². The number of hydrogen-bond acceptors (Lipinski definition) is 9. The summed E-state index contributed by atoms with van der Waals surface area (Å²) in [4.78, 5) is 14.1. The second kappa shape index (κ2) is 8.74. The van der Waals surface area contributed by atoms with Crippen LogP contribution in [0, 0.1) is 10.1 Å². The largest absolute Gasteiger partial charge is 0.420 e. The van der Waals surface area contributed by atoms with Gasteiger partial charge in [0, 0.05) is 35.7 Å². The smallest absolute Gasteiger partial charge is 0.406 e. The van der Waals surface area contributed by atoms with E-state index in [1.807, 2.05) is 0 Å². The first-order valence-corrected chi connectivity index (χ1v) is 9.89. The van der Waals surface area contributed by atoms with E-state index in [9.17, 15) is 23.3 Å². The van der Waals surface area contributed by atoms with Crippen LogP contribution in [-0.4, -0.2) is 41.0 Å². The monoisotopic (exact) mass is 463 g/mol. The molecule has 0 aliphatic rings.